The summed E-state index contributed by atoms with van der Waals surface area (Å²) >= 11 is 0. The van der Waals surface area contributed by atoms with E-state index in [0.717, 1.165) is 13.0 Å². The Morgan fingerprint density at radius 1 is 1.15 bits per heavy atom. The van der Waals surface area contributed by atoms with E-state index in [1.807, 2.05) is 0 Å². The molecule has 0 amide bonds. The first kappa shape index (κ1) is 17.0. The van der Waals surface area contributed by atoms with E-state index in [-0.39, 0.29) is 0 Å². The molecule has 0 aromatic heterocycles. The Morgan fingerprint density at radius 2 is 1.80 bits per heavy atom. The van der Waals surface area contributed by atoms with Crippen molar-refractivity contribution in [2.24, 2.45) is 5.92 Å². The summed E-state index contributed by atoms with van der Waals surface area (Å²) in [5.41, 5.74) is 4.23. The van der Waals surface area contributed by atoms with Crippen LogP contribution in [-0.4, -0.2) is 24.5 Å². The molecule has 0 heterocycles. The molecule has 1 atom stereocenters. The van der Waals surface area contributed by atoms with Gasteiger partial charge >= 0.3 is 0 Å². The standard InChI is InChI=1S/C19H31N/c1-6-11-20(12-7-2)15-18(8-3)14-19-13-16(4)9-10-17(19)5/h8-10,13,18H,3,6-7,11-12,14-15H2,1-2,4-5H3. The van der Waals surface area contributed by atoms with E-state index in [1.54, 1.807) is 0 Å². The third-order valence-corrected chi connectivity index (χ3v) is 3.89. The second-order valence-electron chi connectivity index (χ2n) is 5.93. The molecule has 0 bridgehead atoms. The second kappa shape index (κ2) is 8.97. The van der Waals surface area contributed by atoms with Gasteiger partial charge in [0.15, 0.2) is 0 Å². The van der Waals surface area contributed by atoms with Crippen LogP contribution in [0.3, 0.4) is 0 Å². The lowest BCUT2D eigenvalue weighted by Gasteiger charge is -2.25. The summed E-state index contributed by atoms with van der Waals surface area (Å²) in [4.78, 5) is 2.58. The van der Waals surface area contributed by atoms with Crippen LogP contribution in [0.15, 0.2) is 30.9 Å². The molecular weight excluding hydrogens is 242 g/mol. The van der Waals surface area contributed by atoms with Crippen LogP contribution in [0, 0.1) is 19.8 Å². The van der Waals surface area contributed by atoms with Crippen LogP contribution >= 0.6 is 0 Å². The number of benzene rings is 1. The summed E-state index contributed by atoms with van der Waals surface area (Å²) in [6, 6.07) is 6.76. The van der Waals surface area contributed by atoms with Crippen LogP contribution in [0.2, 0.25) is 0 Å². The second-order valence-corrected chi connectivity index (χ2v) is 5.93. The Morgan fingerprint density at radius 3 is 2.35 bits per heavy atom. The summed E-state index contributed by atoms with van der Waals surface area (Å²) < 4.78 is 0. The van der Waals surface area contributed by atoms with Crippen LogP contribution in [0.1, 0.15) is 43.4 Å². The molecule has 0 fully saturated rings. The fourth-order valence-electron chi connectivity index (χ4n) is 2.78. The van der Waals surface area contributed by atoms with E-state index >= 15 is 0 Å². The molecule has 0 aliphatic carbocycles. The molecule has 1 aromatic rings. The van der Waals surface area contributed by atoms with Gasteiger partial charge in [-0.05, 0) is 63.2 Å². The summed E-state index contributed by atoms with van der Waals surface area (Å²) in [5.74, 6) is 0.550. The minimum absolute atomic E-state index is 0.550. The first-order valence-corrected chi connectivity index (χ1v) is 8.01. The maximum atomic E-state index is 4.06. The van der Waals surface area contributed by atoms with Crippen molar-refractivity contribution in [2.45, 2.75) is 47.0 Å². The van der Waals surface area contributed by atoms with Crippen LogP contribution < -0.4 is 0 Å². The van der Waals surface area contributed by atoms with E-state index in [2.05, 4.69) is 63.4 Å². The highest BCUT2D eigenvalue weighted by atomic mass is 15.1. The highest BCUT2D eigenvalue weighted by Crippen LogP contribution is 2.17. The van der Waals surface area contributed by atoms with Gasteiger partial charge in [0.1, 0.15) is 0 Å². The van der Waals surface area contributed by atoms with Crippen molar-refractivity contribution in [1.82, 2.24) is 4.90 Å². The smallest absolute Gasteiger partial charge is 0.00474 e. The molecule has 1 rings (SSSR count). The van der Waals surface area contributed by atoms with Gasteiger partial charge in [0, 0.05) is 6.54 Å². The van der Waals surface area contributed by atoms with E-state index in [1.165, 1.54) is 42.6 Å². The van der Waals surface area contributed by atoms with Gasteiger partial charge in [-0.15, -0.1) is 6.58 Å². The molecular formula is C19H31N. The van der Waals surface area contributed by atoms with Crippen molar-refractivity contribution in [2.75, 3.05) is 19.6 Å². The highest BCUT2D eigenvalue weighted by Gasteiger charge is 2.12. The van der Waals surface area contributed by atoms with Crippen molar-refractivity contribution in [1.29, 1.82) is 0 Å². The van der Waals surface area contributed by atoms with Gasteiger partial charge in [0.25, 0.3) is 0 Å². The summed E-state index contributed by atoms with van der Waals surface area (Å²) in [5, 5.41) is 0. The quantitative estimate of drug-likeness (QED) is 0.586. The number of rotatable bonds is 9. The van der Waals surface area contributed by atoms with Gasteiger partial charge in [0.05, 0.1) is 0 Å². The predicted octanol–water partition coefficient (Wildman–Crippen LogP) is 4.77. The Bertz CT molecular complexity index is 402. The molecule has 0 saturated carbocycles. The molecule has 20 heavy (non-hydrogen) atoms. The minimum atomic E-state index is 0.550. The third kappa shape index (κ3) is 5.50. The average Bonchev–Trinajstić information content (AvgIpc) is 2.42. The molecule has 0 aliphatic rings. The monoisotopic (exact) mass is 273 g/mol. The molecule has 1 nitrogen and oxygen atoms in total. The first-order chi connectivity index (χ1) is 9.60. The number of hydrogen-bond acceptors (Lipinski definition) is 1. The third-order valence-electron chi connectivity index (χ3n) is 3.89. The number of nitrogens with zero attached hydrogens (tertiary/aromatic N) is 1. The molecule has 1 unspecified atom stereocenters. The molecule has 1 heteroatoms. The van der Waals surface area contributed by atoms with Crippen LogP contribution in [0.25, 0.3) is 0 Å². The molecule has 1 aromatic carbocycles. The Hall–Kier alpha value is -1.08. The van der Waals surface area contributed by atoms with Gasteiger partial charge in [-0.2, -0.15) is 0 Å². The first-order valence-electron chi connectivity index (χ1n) is 8.01. The van der Waals surface area contributed by atoms with Crippen molar-refractivity contribution < 1.29 is 0 Å². The summed E-state index contributed by atoms with van der Waals surface area (Å²) in [7, 11) is 0. The molecule has 0 N–H and O–H groups in total. The van der Waals surface area contributed by atoms with Gasteiger partial charge in [-0.3, -0.25) is 0 Å². The SMILES string of the molecule is C=CC(Cc1cc(C)ccc1C)CN(CCC)CCC. The number of aryl methyl sites for hydroxylation is 2. The summed E-state index contributed by atoms with van der Waals surface area (Å²) in [6.07, 6.45) is 5.71. The molecule has 0 spiro atoms. The average molecular weight is 273 g/mol. The van der Waals surface area contributed by atoms with E-state index in [9.17, 15) is 0 Å². The van der Waals surface area contributed by atoms with E-state index in [0.29, 0.717) is 5.92 Å². The Kier molecular flexibility index (Phi) is 7.61. The van der Waals surface area contributed by atoms with Gasteiger partial charge in [-0.25, -0.2) is 0 Å². The Labute approximate surface area is 125 Å². The molecule has 0 radical (unpaired) electrons. The summed E-state index contributed by atoms with van der Waals surface area (Å²) in [6.45, 7) is 16.5. The van der Waals surface area contributed by atoms with Crippen LogP contribution in [0.4, 0.5) is 0 Å². The largest absolute Gasteiger partial charge is 0.303 e. The maximum Gasteiger partial charge on any atom is 0.00474 e. The molecule has 0 aliphatic heterocycles. The zero-order valence-corrected chi connectivity index (χ0v) is 13.8. The van der Waals surface area contributed by atoms with Crippen molar-refractivity contribution in [3.63, 3.8) is 0 Å². The lowest BCUT2D eigenvalue weighted by atomic mass is 9.94. The van der Waals surface area contributed by atoms with Gasteiger partial charge < -0.3 is 4.90 Å². The van der Waals surface area contributed by atoms with Crippen molar-refractivity contribution in [3.05, 3.63) is 47.5 Å². The fourth-order valence-corrected chi connectivity index (χ4v) is 2.78. The minimum Gasteiger partial charge on any atom is -0.303 e. The zero-order valence-electron chi connectivity index (χ0n) is 13.8. The maximum absolute atomic E-state index is 4.06. The normalized spacial score (nSPS) is 12.7. The van der Waals surface area contributed by atoms with Gasteiger partial charge in [0.2, 0.25) is 0 Å². The number of hydrogen-bond donors (Lipinski definition) is 0. The van der Waals surface area contributed by atoms with Gasteiger partial charge in [-0.1, -0.05) is 43.7 Å². The molecule has 112 valence electrons. The van der Waals surface area contributed by atoms with Crippen LogP contribution in [-0.2, 0) is 6.42 Å². The molecule has 0 saturated heterocycles. The van der Waals surface area contributed by atoms with E-state index < -0.39 is 0 Å². The lowest BCUT2D eigenvalue weighted by molar-refractivity contribution is 0.248. The van der Waals surface area contributed by atoms with E-state index in [4.69, 9.17) is 0 Å². The Balaban J connectivity index is 2.70. The van der Waals surface area contributed by atoms with Crippen molar-refractivity contribution >= 4 is 0 Å². The van der Waals surface area contributed by atoms with Crippen LogP contribution in [0.5, 0.6) is 0 Å². The highest BCUT2D eigenvalue weighted by molar-refractivity contribution is 5.31. The van der Waals surface area contributed by atoms with Crippen molar-refractivity contribution in [3.8, 4) is 0 Å². The lowest BCUT2D eigenvalue weighted by Crippen LogP contribution is -2.31. The zero-order chi connectivity index (χ0) is 15.0. The predicted molar refractivity (Wildman–Crippen MR) is 90.3 cm³/mol. The topological polar surface area (TPSA) is 3.24 Å². The fraction of sp³-hybridized carbons (Fsp3) is 0.579.